The van der Waals surface area contributed by atoms with Crippen LogP contribution in [0.25, 0.3) is 0 Å². The van der Waals surface area contributed by atoms with Crippen LogP contribution in [0.2, 0.25) is 0 Å². The Labute approximate surface area is 141 Å². The molecule has 0 aliphatic heterocycles. The smallest absolute Gasteiger partial charge is 0.338 e. The van der Waals surface area contributed by atoms with E-state index in [1.54, 1.807) is 24.3 Å². The van der Waals surface area contributed by atoms with E-state index in [-0.39, 0.29) is 18.6 Å². The number of hydrogen-bond acceptors (Lipinski definition) is 4. The van der Waals surface area contributed by atoms with Crippen LogP contribution in [0.3, 0.4) is 0 Å². The number of nitrogens with one attached hydrogen (secondary N) is 1. The van der Waals surface area contributed by atoms with Gasteiger partial charge in [-0.25, -0.2) is 4.79 Å². The van der Waals surface area contributed by atoms with Crippen LogP contribution in [-0.2, 0) is 9.53 Å². The highest BCUT2D eigenvalue weighted by atomic mass is 16.5. The Morgan fingerprint density at radius 2 is 1.75 bits per heavy atom. The second-order valence-corrected chi connectivity index (χ2v) is 5.52. The van der Waals surface area contributed by atoms with Gasteiger partial charge >= 0.3 is 5.97 Å². The van der Waals surface area contributed by atoms with E-state index in [0.717, 1.165) is 18.4 Å². The van der Waals surface area contributed by atoms with Gasteiger partial charge in [-0.3, -0.25) is 4.79 Å². The van der Waals surface area contributed by atoms with Crippen molar-refractivity contribution in [2.45, 2.75) is 25.8 Å². The molecule has 0 heterocycles. The lowest BCUT2D eigenvalue weighted by atomic mass is 10.0. The monoisotopic (exact) mass is 326 g/mol. The summed E-state index contributed by atoms with van der Waals surface area (Å²) in [7, 11) is 0. The molecule has 2 rings (SSSR count). The minimum Gasteiger partial charge on any atom is -0.452 e. The Bertz CT molecular complexity index is 669. The lowest BCUT2D eigenvalue weighted by molar-refractivity contribution is -0.125. The van der Waals surface area contributed by atoms with Crippen molar-refractivity contribution in [3.05, 3.63) is 65.7 Å². The number of rotatable bonds is 7. The molecular weight excluding hydrogens is 304 g/mol. The zero-order valence-corrected chi connectivity index (χ0v) is 13.7. The summed E-state index contributed by atoms with van der Waals surface area (Å²) in [5.41, 5.74) is 7.54. The number of ether oxygens (including phenoxy) is 1. The highest BCUT2D eigenvalue weighted by molar-refractivity contribution is 5.91. The van der Waals surface area contributed by atoms with Gasteiger partial charge in [0.05, 0.1) is 11.6 Å². The third-order valence-corrected chi connectivity index (χ3v) is 3.60. The van der Waals surface area contributed by atoms with Gasteiger partial charge < -0.3 is 15.8 Å². The van der Waals surface area contributed by atoms with Crippen molar-refractivity contribution in [3.8, 4) is 0 Å². The Kier molecular flexibility index (Phi) is 6.37. The van der Waals surface area contributed by atoms with Gasteiger partial charge in [-0.2, -0.15) is 0 Å². The standard InChI is InChI=1S/C19H22N2O3/c1-2-6-17(14-7-4-3-5-8-14)21-18(22)13-24-19(23)15-9-11-16(20)12-10-15/h3-5,7-12,17H,2,6,13,20H2,1H3,(H,21,22)/t17-/m1/s1. The number of esters is 1. The molecule has 126 valence electrons. The van der Waals surface area contributed by atoms with Crippen molar-refractivity contribution in [1.82, 2.24) is 5.32 Å². The van der Waals surface area contributed by atoms with Crippen LogP contribution in [0, 0.1) is 0 Å². The van der Waals surface area contributed by atoms with Crippen molar-refractivity contribution >= 4 is 17.6 Å². The first-order valence-corrected chi connectivity index (χ1v) is 7.97. The van der Waals surface area contributed by atoms with E-state index in [1.165, 1.54) is 0 Å². The fraction of sp³-hybridized carbons (Fsp3) is 0.263. The molecule has 0 fully saturated rings. The molecule has 0 radical (unpaired) electrons. The first kappa shape index (κ1) is 17.5. The average Bonchev–Trinajstić information content (AvgIpc) is 2.60. The maximum absolute atomic E-state index is 12.1. The Morgan fingerprint density at radius 1 is 1.08 bits per heavy atom. The van der Waals surface area contributed by atoms with Crippen LogP contribution >= 0.6 is 0 Å². The number of benzene rings is 2. The zero-order chi connectivity index (χ0) is 17.4. The van der Waals surface area contributed by atoms with Crippen LogP contribution in [-0.4, -0.2) is 18.5 Å². The van der Waals surface area contributed by atoms with E-state index in [9.17, 15) is 9.59 Å². The molecule has 0 saturated carbocycles. The molecule has 0 unspecified atom stereocenters. The van der Waals surface area contributed by atoms with E-state index in [4.69, 9.17) is 10.5 Å². The van der Waals surface area contributed by atoms with Gasteiger partial charge in [0.25, 0.3) is 5.91 Å². The van der Waals surface area contributed by atoms with Crippen molar-refractivity contribution in [2.24, 2.45) is 0 Å². The summed E-state index contributed by atoms with van der Waals surface area (Å²) in [4.78, 5) is 24.0. The van der Waals surface area contributed by atoms with Crippen LogP contribution in [0.4, 0.5) is 5.69 Å². The van der Waals surface area contributed by atoms with E-state index < -0.39 is 5.97 Å². The van der Waals surface area contributed by atoms with Gasteiger partial charge in [0.2, 0.25) is 0 Å². The first-order chi connectivity index (χ1) is 11.6. The molecule has 1 amide bonds. The molecule has 2 aromatic carbocycles. The molecule has 2 aromatic rings. The minimum absolute atomic E-state index is 0.0843. The van der Waals surface area contributed by atoms with Crippen molar-refractivity contribution in [2.75, 3.05) is 12.3 Å². The second kappa shape index (κ2) is 8.72. The highest BCUT2D eigenvalue weighted by Gasteiger charge is 2.15. The third kappa shape index (κ3) is 5.12. The summed E-state index contributed by atoms with van der Waals surface area (Å²) < 4.78 is 5.05. The lowest BCUT2D eigenvalue weighted by Crippen LogP contribution is -2.32. The number of nitrogen functional groups attached to an aromatic ring is 1. The van der Waals surface area contributed by atoms with E-state index in [2.05, 4.69) is 12.2 Å². The summed E-state index contributed by atoms with van der Waals surface area (Å²) in [5, 5.41) is 2.91. The normalized spacial score (nSPS) is 11.5. The van der Waals surface area contributed by atoms with Gasteiger partial charge in [-0.15, -0.1) is 0 Å². The molecule has 3 N–H and O–H groups in total. The summed E-state index contributed by atoms with van der Waals surface area (Å²) in [6, 6.07) is 16.0. The first-order valence-electron chi connectivity index (χ1n) is 7.97. The van der Waals surface area contributed by atoms with Crippen molar-refractivity contribution in [1.29, 1.82) is 0 Å². The molecule has 24 heavy (non-hydrogen) atoms. The molecule has 0 saturated heterocycles. The number of nitrogens with two attached hydrogens (primary N) is 1. The van der Waals surface area contributed by atoms with E-state index in [0.29, 0.717) is 11.3 Å². The predicted octanol–water partition coefficient (Wildman–Crippen LogP) is 3.08. The molecule has 0 aliphatic carbocycles. The van der Waals surface area contributed by atoms with Crippen LogP contribution in [0.15, 0.2) is 54.6 Å². The van der Waals surface area contributed by atoms with Gasteiger partial charge in [-0.05, 0) is 36.2 Å². The van der Waals surface area contributed by atoms with Crippen molar-refractivity contribution < 1.29 is 14.3 Å². The topological polar surface area (TPSA) is 81.4 Å². The molecule has 5 nitrogen and oxygen atoms in total. The third-order valence-electron chi connectivity index (χ3n) is 3.60. The quantitative estimate of drug-likeness (QED) is 0.605. The lowest BCUT2D eigenvalue weighted by Gasteiger charge is -2.18. The fourth-order valence-electron chi connectivity index (χ4n) is 2.37. The molecule has 0 bridgehead atoms. The van der Waals surface area contributed by atoms with Gasteiger partial charge in [0, 0.05) is 5.69 Å². The Hall–Kier alpha value is -2.82. The Morgan fingerprint density at radius 3 is 2.38 bits per heavy atom. The maximum Gasteiger partial charge on any atom is 0.338 e. The highest BCUT2D eigenvalue weighted by Crippen LogP contribution is 2.18. The number of hydrogen-bond donors (Lipinski definition) is 2. The van der Waals surface area contributed by atoms with Gasteiger partial charge in [-0.1, -0.05) is 43.7 Å². The molecule has 5 heteroatoms. The molecule has 0 spiro atoms. The number of anilines is 1. The maximum atomic E-state index is 12.1. The SMILES string of the molecule is CCC[C@@H](NC(=O)COC(=O)c1ccc(N)cc1)c1ccccc1. The summed E-state index contributed by atoms with van der Waals surface area (Å²) in [6.45, 7) is 1.75. The number of amides is 1. The van der Waals surface area contributed by atoms with Crippen molar-refractivity contribution in [3.63, 3.8) is 0 Å². The van der Waals surface area contributed by atoms with Crippen LogP contribution in [0.5, 0.6) is 0 Å². The molecule has 0 aliphatic rings. The summed E-state index contributed by atoms with van der Waals surface area (Å²) >= 11 is 0. The number of carbonyl (C=O) groups excluding carboxylic acids is 2. The average molecular weight is 326 g/mol. The number of carbonyl (C=O) groups is 2. The van der Waals surface area contributed by atoms with Gasteiger partial charge in [0.15, 0.2) is 6.61 Å². The second-order valence-electron chi connectivity index (χ2n) is 5.52. The minimum atomic E-state index is -0.545. The zero-order valence-electron chi connectivity index (χ0n) is 13.7. The molecule has 1 atom stereocenters. The van der Waals surface area contributed by atoms with E-state index in [1.807, 2.05) is 30.3 Å². The fourth-order valence-corrected chi connectivity index (χ4v) is 2.37. The summed E-state index contributed by atoms with van der Waals surface area (Å²) in [6.07, 6.45) is 1.76. The largest absolute Gasteiger partial charge is 0.452 e. The van der Waals surface area contributed by atoms with Crippen LogP contribution in [0.1, 0.15) is 41.7 Å². The van der Waals surface area contributed by atoms with E-state index >= 15 is 0 Å². The predicted molar refractivity (Wildman–Crippen MR) is 93.4 cm³/mol. The Balaban J connectivity index is 1.89. The molecule has 0 aromatic heterocycles. The van der Waals surface area contributed by atoms with Gasteiger partial charge in [0.1, 0.15) is 0 Å². The summed E-state index contributed by atoms with van der Waals surface area (Å²) in [5.74, 6) is -0.863. The molecular formula is C19H22N2O3. The van der Waals surface area contributed by atoms with Crippen LogP contribution < -0.4 is 11.1 Å².